The molecule has 8 fully saturated rings. The molecule has 83 heavy (non-hydrogen) atoms. The number of hydrogen-bond acceptors (Lipinski definition) is 17. The zero-order valence-corrected chi connectivity index (χ0v) is 58.3. The highest BCUT2D eigenvalue weighted by Gasteiger charge is 2.28. The van der Waals surface area contributed by atoms with Gasteiger partial charge in [0, 0.05) is 123 Å². The molecule has 0 spiro atoms. The molecule has 8 aliphatic heterocycles. The molecule has 0 saturated carbocycles. The van der Waals surface area contributed by atoms with Crippen LogP contribution in [-0.4, -0.2) is 353 Å². The molecule has 492 valence electrons. The highest BCUT2D eigenvalue weighted by molar-refractivity contribution is 5.73. The summed E-state index contributed by atoms with van der Waals surface area (Å²) in [5, 5.41) is 10.4. The number of piperidine rings is 5. The maximum atomic E-state index is 10.9. The number of methoxy groups -OCH3 is 2. The Labute approximate surface area is 513 Å². The molecule has 0 aliphatic carbocycles. The lowest BCUT2D eigenvalue weighted by molar-refractivity contribution is -0.129. The molecule has 0 aromatic carbocycles. The summed E-state index contributed by atoms with van der Waals surface area (Å²) in [5.74, 6) is 1.01. The summed E-state index contributed by atoms with van der Waals surface area (Å²) >= 11 is 0. The normalized spacial score (nSPS) is 21.6. The minimum absolute atomic E-state index is 0.208. The van der Waals surface area contributed by atoms with E-state index < -0.39 is 0 Å². The molecule has 1 amide bonds. The van der Waals surface area contributed by atoms with Crippen molar-refractivity contribution in [1.82, 2.24) is 79.2 Å². The molecule has 19 heteroatoms. The van der Waals surface area contributed by atoms with Gasteiger partial charge in [0.25, 0.3) is 0 Å². The summed E-state index contributed by atoms with van der Waals surface area (Å²) < 4.78 is 11.8. The molecule has 1 aromatic heterocycles. The fraction of sp³-hybridized carbons (Fsp3) is 0.938. The minimum Gasteiger partial charge on any atom is -0.493 e. The second kappa shape index (κ2) is 47.0. The largest absolute Gasteiger partial charge is 0.493 e. The summed E-state index contributed by atoms with van der Waals surface area (Å²) in [6, 6.07) is 4.75. The summed E-state index contributed by atoms with van der Waals surface area (Å²) in [6.07, 6.45) is 18.2. The van der Waals surface area contributed by atoms with Crippen LogP contribution in [-0.2, 0) is 16.6 Å². The van der Waals surface area contributed by atoms with E-state index in [4.69, 9.17) is 9.47 Å². The molecule has 9 heterocycles. The number of ether oxygens (including phenoxy) is 2. The number of nitrogens with zero attached hydrogens (tertiary/aromatic N) is 14. The van der Waals surface area contributed by atoms with Crippen LogP contribution < -0.4 is 15.4 Å². The van der Waals surface area contributed by atoms with Crippen LogP contribution in [0.4, 0.5) is 0 Å². The van der Waals surface area contributed by atoms with E-state index in [2.05, 4.69) is 182 Å². The first-order chi connectivity index (χ1) is 39.6. The van der Waals surface area contributed by atoms with Crippen LogP contribution in [0.25, 0.3) is 0 Å². The molecule has 2 N–H and O–H groups in total. The third-order valence-corrected chi connectivity index (χ3v) is 18.3. The highest BCUT2D eigenvalue weighted by Crippen LogP contribution is 2.16. The van der Waals surface area contributed by atoms with Crippen LogP contribution >= 0.6 is 0 Å². The number of amides is 1. The van der Waals surface area contributed by atoms with Crippen molar-refractivity contribution in [2.45, 2.75) is 155 Å². The van der Waals surface area contributed by atoms with Gasteiger partial charge < -0.3 is 74.0 Å². The molecule has 0 atom stereocenters. The van der Waals surface area contributed by atoms with E-state index >= 15 is 0 Å². The second-order valence-electron chi connectivity index (χ2n) is 25.2. The number of aromatic nitrogens is 2. The van der Waals surface area contributed by atoms with Crippen molar-refractivity contribution < 1.29 is 14.3 Å². The maximum absolute atomic E-state index is 10.9. The van der Waals surface area contributed by atoms with Crippen LogP contribution in [0, 0.1) is 0 Å². The molecule has 19 nitrogen and oxygen atoms in total. The topological polar surface area (TPSA) is 116 Å². The first-order valence-corrected chi connectivity index (χ1v) is 32.9. The first-order valence-electron chi connectivity index (χ1n) is 32.9. The molecule has 8 aliphatic rings. The second-order valence-corrected chi connectivity index (χ2v) is 25.2. The highest BCUT2D eigenvalue weighted by atomic mass is 16.5. The Hall–Kier alpha value is -2.08. The van der Waals surface area contributed by atoms with Crippen LogP contribution in [0.3, 0.4) is 0 Å². The van der Waals surface area contributed by atoms with Gasteiger partial charge in [-0.15, -0.1) is 0 Å². The van der Waals surface area contributed by atoms with Crippen molar-refractivity contribution in [3.05, 3.63) is 12.4 Å². The summed E-state index contributed by atoms with van der Waals surface area (Å²) in [7, 11) is 31.0. The van der Waals surface area contributed by atoms with Gasteiger partial charge in [0.05, 0.1) is 25.6 Å². The lowest BCUT2D eigenvalue weighted by Crippen LogP contribution is -2.57. The third kappa shape index (κ3) is 35.5. The van der Waals surface area contributed by atoms with Crippen molar-refractivity contribution in [1.29, 1.82) is 0 Å². The van der Waals surface area contributed by atoms with Gasteiger partial charge in [-0.2, -0.15) is 5.10 Å². The monoisotopic (exact) mass is 1180 g/mol. The first kappa shape index (κ1) is 78.9. The van der Waals surface area contributed by atoms with Gasteiger partial charge in [0.2, 0.25) is 5.91 Å². The third-order valence-electron chi connectivity index (χ3n) is 18.3. The molecular formula is C64H138N16O3. The van der Waals surface area contributed by atoms with Gasteiger partial charge >= 0.3 is 0 Å². The number of hydrogen-bond donors (Lipinski definition) is 2. The Balaban J connectivity index is 0.000000469. The van der Waals surface area contributed by atoms with Crippen LogP contribution in [0.15, 0.2) is 12.4 Å². The minimum atomic E-state index is 0.208. The van der Waals surface area contributed by atoms with Crippen LogP contribution in [0.5, 0.6) is 5.75 Å². The van der Waals surface area contributed by atoms with E-state index in [0.717, 1.165) is 61.9 Å². The number of likely N-dealkylation sites (N-methyl/N-ethyl adjacent to an activating group) is 6. The summed E-state index contributed by atoms with van der Waals surface area (Å²) in [6.45, 7) is 38.3. The molecule has 9 rings (SSSR count). The molecule has 8 saturated heterocycles. The summed E-state index contributed by atoms with van der Waals surface area (Å²) in [4.78, 5) is 39.2. The van der Waals surface area contributed by atoms with Crippen molar-refractivity contribution >= 4 is 5.91 Å². The Morgan fingerprint density at radius 1 is 0.506 bits per heavy atom. The number of carbonyl (C=O) groups is 1. The van der Waals surface area contributed by atoms with Crippen LogP contribution in [0.1, 0.15) is 112 Å². The van der Waals surface area contributed by atoms with Gasteiger partial charge in [0.15, 0.2) is 5.75 Å². The average molecular weight is 1180 g/mol. The Morgan fingerprint density at radius 3 is 1.19 bits per heavy atom. The number of likely N-dealkylation sites (tertiary alicyclic amines) is 8. The Morgan fingerprint density at radius 2 is 0.892 bits per heavy atom. The average Bonchev–Trinajstić information content (AvgIpc) is 3.94. The van der Waals surface area contributed by atoms with Crippen LogP contribution in [0.2, 0.25) is 0 Å². The molecule has 0 unspecified atom stereocenters. The maximum Gasteiger partial charge on any atom is 0.219 e. The number of carbonyl (C=O) groups excluding carboxylic acids is 1. The zero-order chi connectivity index (χ0) is 62.3. The van der Waals surface area contributed by atoms with E-state index in [9.17, 15) is 4.79 Å². The fourth-order valence-corrected chi connectivity index (χ4v) is 11.5. The molecule has 1 aromatic rings. The quantitative estimate of drug-likeness (QED) is 0.278. The van der Waals surface area contributed by atoms with E-state index in [1.165, 1.54) is 182 Å². The molecule has 0 radical (unpaired) electrons. The van der Waals surface area contributed by atoms with Crippen molar-refractivity contribution in [3.8, 4) is 5.75 Å². The lowest BCUT2D eigenvalue weighted by atomic mass is 10.0. The van der Waals surface area contributed by atoms with Gasteiger partial charge in [-0.1, -0.05) is 41.0 Å². The zero-order valence-electron chi connectivity index (χ0n) is 58.3. The fourth-order valence-electron chi connectivity index (χ4n) is 11.5. The SMILES string of the molecule is CCN(C)C1CN(C)C1.CCN(CC)C1CCN(C)CC1.CCN(CC)C1CN(C)C1.CN1CC(N(C)C)C1.CN1CCCCC1.CNC1CCN(C(C)=O)CC1.CNC1CCN(C)CC1.COC1CCN(C)CC1.COc1cnn(C)c1. The number of nitrogens with one attached hydrogen (secondary N) is 2. The van der Waals surface area contributed by atoms with E-state index in [1.54, 1.807) is 38.2 Å². The molecular weight excluding hydrogens is 1040 g/mol. The Kier molecular flexibility index (Phi) is 44.7. The van der Waals surface area contributed by atoms with E-state index in [0.29, 0.717) is 12.1 Å². The van der Waals surface area contributed by atoms with E-state index in [-0.39, 0.29) is 5.91 Å². The molecule has 0 bridgehead atoms. The van der Waals surface area contributed by atoms with Crippen molar-refractivity contribution in [2.24, 2.45) is 7.05 Å². The van der Waals surface area contributed by atoms with Crippen molar-refractivity contribution in [2.75, 3.05) is 236 Å². The van der Waals surface area contributed by atoms with Gasteiger partial charge in [0.1, 0.15) is 0 Å². The van der Waals surface area contributed by atoms with Gasteiger partial charge in [-0.3, -0.25) is 14.4 Å². The van der Waals surface area contributed by atoms with E-state index in [1.807, 2.05) is 19.0 Å². The predicted octanol–water partition coefficient (Wildman–Crippen LogP) is 4.95. The summed E-state index contributed by atoms with van der Waals surface area (Å²) in [5.41, 5.74) is 0. The van der Waals surface area contributed by atoms with Crippen molar-refractivity contribution in [3.63, 3.8) is 0 Å². The predicted molar refractivity (Wildman–Crippen MR) is 355 cm³/mol. The lowest BCUT2D eigenvalue weighted by Gasteiger charge is -2.42. The smallest absolute Gasteiger partial charge is 0.219 e. The standard InChI is InChI=1S/C10H22N2.C8H16N2O.C8H18N2.2C7H16N2.C7H15NO.C6H14N2.C6H13N.C5H8N2O/c1-4-12(5-2)10-6-8-11(3)9-7-10;1-7(11)10-5-3-8(9-2)4-6-10;1-4-10(5-2)8-6-9(3)7-8;1-8-7-3-5-9(2)6-4-7;1-4-9(3)7-5-8(2)6-7;1-8-5-3-7(9-2)4-6-8;1-7(2)6-4-8(3)5-6;1-7-5-3-2-4-6-7;1-7-4-5(8-2)3-6-7/h10H,4-9H2,1-3H3;8-9H,3-6H2,1-2H3;8H,4-7H2,1-3H3;7-8H,3-6H2,1-2H3;7H,4-6H2,1-3H3;7H,3-6H2,1-2H3;6H,4-5H2,1-3H3;2-6H2,1H3;3-4H,1-2H3. The number of rotatable bonds is 13. The Bertz CT molecular complexity index is 1590. The van der Waals surface area contributed by atoms with Gasteiger partial charge in [-0.25, -0.2) is 0 Å². The number of aryl methyl sites for hydroxylation is 1. The van der Waals surface area contributed by atoms with Gasteiger partial charge in [-0.05, 0) is 221 Å².